The van der Waals surface area contributed by atoms with Crippen molar-refractivity contribution in [3.05, 3.63) is 97.2 Å². The second-order valence-corrected chi connectivity index (χ2v) is 21.3. The highest BCUT2D eigenvalue weighted by molar-refractivity contribution is 7.80. The Bertz CT molecular complexity index is 1680. The first-order chi connectivity index (χ1) is 37.1. The van der Waals surface area contributed by atoms with Gasteiger partial charge in [-0.3, -0.25) is 9.35 Å². The SMILES string of the molecule is CC/C=C\C/C=C\C/C=C\C/C=C\C/C=C\C/C=C\CCCCCCCOCC(COC1OC(CO)C(O)C(OS(=O)(=O)O)C1O)OC(=O)CCCCCCCCCCCCCCC/C=C\C/C=C\CCCCCCC. The van der Waals surface area contributed by atoms with Crippen molar-refractivity contribution in [3.63, 3.8) is 0 Å². The van der Waals surface area contributed by atoms with Crippen LogP contribution in [0.2, 0.25) is 0 Å². The van der Waals surface area contributed by atoms with Gasteiger partial charge < -0.3 is 34.3 Å². The molecule has 0 bridgehead atoms. The van der Waals surface area contributed by atoms with E-state index in [4.69, 9.17) is 18.9 Å². The number of hydrogen-bond donors (Lipinski definition) is 4. The lowest BCUT2D eigenvalue weighted by Gasteiger charge is -2.41. The highest BCUT2D eigenvalue weighted by atomic mass is 32.3. The van der Waals surface area contributed by atoms with Crippen LogP contribution in [0.3, 0.4) is 0 Å². The van der Waals surface area contributed by atoms with E-state index in [1.54, 1.807) is 0 Å². The van der Waals surface area contributed by atoms with Crippen LogP contribution in [0.15, 0.2) is 97.2 Å². The Morgan fingerprint density at radius 3 is 1.33 bits per heavy atom. The molecule has 1 heterocycles. The largest absolute Gasteiger partial charge is 0.457 e. The molecule has 1 saturated heterocycles. The third-order valence-electron chi connectivity index (χ3n) is 13.2. The molecular weight excluding hydrogens is 981 g/mol. The van der Waals surface area contributed by atoms with Crippen molar-refractivity contribution in [2.75, 3.05) is 26.4 Å². The average Bonchev–Trinajstić information content (AvgIpc) is 3.40. The van der Waals surface area contributed by atoms with E-state index >= 15 is 0 Å². The molecule has 0 aromatic rings. The molecule has 0 spiro atoms. The van der Waals surface area contributed by atoms with E-state index in [1.165, 1.54) is 103 Å². The van der Waals surface area contributed by atoms with Gasteiger partial charge in [-0.15, -0.1) is 0 Å². The van der Waals surface area contributed by atoms with Crippen LogP contribution in [0.25, 0.3) is 0 Å². The number of carbonyl (C=O) groups excluding carboxylic acids is 1. The topological polar surface area (TPSA) is 178 Å². The fraction of sp³-hybridized carbons (Fsp3) is 0.730. The summed E-state index contributed by atoms with van der Waals surface area (Å²) in [7, 11) is -5.08. The molecule has 6 unspecified atom stereocenters. The number of hydrogen-bond acceptors (Lipinski definition) is 11. The smallest absolute Gasteiger partial charge is 0.397 e. The Morgan fingerprint density at radius 2 is 0.908 bits per heavy atom. The Hall–Kier alpha value is -2.98. The van der Waals surface area contributed by atoms with Crippen LogP contribution in [0, 0.1) is 0 Å². The number of ether oxygens (including phenoxy) is 4. The maximum Gasteiger partial charge on any atom is 0.397 e. The number of unbranched alkanes of at least 4 members (excludes halogenated alkanes) is 23. The highest BCUT2D eigenvalue weighted by Gasteiger charge is 2.48. The Labute approximate surface area is 463 Å². The van der Waals surface area contributed by atoms with Gasteiger partial charge in [-0.2, -0.15) is 8.42 Å². The summed E-state index contributed by atoms with van der Waals surface area (Å²) in [5.74, 6) is -0.409. The summed E-state index contributed by atoms with van der Waals surface area (Å²) >= 11 is 0. The first-order valence-electron chi connectivity index (χ1n) is 30.0. The fourth-order valence-electron chi connectivity index (χ4n) is 8.71. The van der Waals surface area contributed by atoms with Crippen molar-refractivity contribution in [2.24, 2.45) is 0 Å². The molecule has 4 N–H and O–H groups in total. The predicted octanol–water partition coefficient (Wildman–Crippen LogP) is 15.3. The molecule has 0 aromatic heterocycles. The van der Waals surface area contributed by atoms with E-state index < -0.39 is 59.8 Å². The van der Waals surface area contributed by atoms with Crippen LogP contribution >= 0.6 is 0 Å². The van der Waals surface area contributed by atoms with Gasteiger partial charge in [0.2, 0.25) is 0 Å². The molecule has 6 atom stereocenters. The quantitative estimate of drug-likeness (QED) is 0.0196. The minimum absolute atomic E-state index is 0.0173. The lowest BCUT2D eigenvalue weighted by Crippen LogP contribution is -2.60. The van der Waals surface area contributed by atoms with Gasteiger partial charge in [0.05, 0.1) is 19.8 Å². The maximum absolute atomic E-state index is 13.0. The minimum Gasteiger partial charge on any atom is -0.457 e. The molecule has 0 aromatic carbocycles. The number of allylic oxidation sites excluding steroid dienone is 16. The van der Waals surface area contributed by atoms with E-state index in [0.29, 0.717) is 13.0 Å². The second-order valence-electron chi connectivity index (χ2n) is 20.2. The van der Waals surface area contributed by atoms with Gasteiger partial charge in [0.15, 0.2) is 6.29 Å². The van der Waals surface area contributed by atoms with Gasteiger partial charge in [0.1, 0.15) is 30.5 Å². The Kier molecular flexibility index (Phi) is 49.3. The zero-order valence-corrected chi connectivity index (χ0v) is 48.4. The summed E-state index contributed by atoms with van der Waals surface area (Å²) in [6.45, 7) is 3.84. The van der Waals surface area contributed by atoms with Crippen LogP contribution in [-0.4, -0.2) is 97.5 Å². The molecule has 0 aliphatic carbocycles. The average molecular weight is 1090 g/mol. The van der Waals surface area contributed by atoms with Gasteiger partial charge in [0, 0.05) is 13.0 Å². The standard InChI is InChI=1S/C63H108O12S/c1-3-5-7-9-11-13-15-17-19-21-23-25-27-29-30-32-34-36-38-40-42-44-46-48-50-52-59(65)73-57(56-72-63-61(67)62(75-76(68,69)70)60(66)58(54-64)74-63)55-71-53-51-49-47-45-43-41-39-37-35-33-31-28-26-24-22-20-18-16-14-12-10-8-6-4-2/h6,8,12,14-15,17-18,20-21,23-24,26,31,33,37,39,57-58,60-64,66-67H,3-5,7,9-11,13,16,19,22,25,27-30,32,34-36,38,40-56H2,1-2H3,(H,68,69,70)/b8-6-,14-12-,17-15-,20-18-,23-21-,26-24-,33-31-,39-37-. The van der Waals surface area contributed by atoms with Crippen LogP contribution in [0.4, 0.5) is 0 Å². The normalized spacial score (nSPS) is 19.3. The van der Waals surface area contributed by atoms with Gasteiger partial charge in [0.25, 0.3) is 0 Å². The van der Waals surface area contributed by atoms with Crippen LogP contribution in [-0.2, 0) is 38.3 Å². The van der Waals surface area contributed by atoms with E-state index in [-0.39, 0.29) is 19.6 Å². The molecule has 1 aliphatic rings. The summed E-state index contributed by atoms with van der Waals surface area (Å²) in [4.78, 5) is 13.0. The second kappa shape index (κ2) is 52.7. The molecule has 13 heteroatoms. The van der Waals surface area contributed by atoms with Crippen molar-refractivity contribution in [1.82, 2.24) is 0 Å². The molecule has 1 fully saturated rings. The summed E-state index contributed by atoms with van der Waals surface area (Å²) in [6.07, 6.45) is 64.4. The zero-order chi connectivity index (χ0) is 55.3. The molecule has 438 valence electrons. The number of aliphatic hydroxyl groups is 3. The van der Waals surface area contributed by atoms with Crippen molar-refractivity contribution in [2.45, 2.75) is 269 Å². The highest BCUT2D eigenvalue weighted by Crippen LogP contribution is 2.26. The third-order valence-corrected chi connectivity index (χ3v) is 13.7. The molecule has 1 aliphatic heterocycles. The Balaban J connectivity index is 2.31. The van der Waals surface area contributed by atoms with Crippen molar-refractivity contribution >= 4 is 16.4 Å². The van der Waals surface area contributed by atoms with Gasteiger partial charge >= 0.3 is 16.4 Å². The molecule has 1 rings (SSSR count). The lowest BCUT2D eigenvalue weighted by molar-refractivity contribution is -0.301. The Morgan fingerprint density at radius 1 is 0.513 bits per heavy atom. The zero-order valence-electron chi connectivity index (χ0n) is 47.5. The van der Waals surface area contributed by atoms with Crippen molar-refractivity contribution in [3.8, 4) is 0 Å². The molecular formula is C63H108O12S. The van der Waals surface area contributed by atoms with Crippen molar-refractivity contribution in [1.29, 1.82) is 0 Å². The monoisotopic (exact) mass is 1090 g/mol. The molecule has 0 radical (unpaired) electrons. The number of aliphatic hydroxyl groups excluding tert-OH is 3. The molecule has 0 amide bonds. The number of rotatable bonds is 52. The third kappa shape index (κ3) is 44.9. The summed E-state index contributed by atoms with van der Waals surface area (Å²) < 4.78 is 59.5. The molecule has 76 heavy (non-hydrogen) atoms. The van der Waals surface area contributed by atoms with Crippen molar-refractivity contribution < 1.29 is 56.2 Å². The van der Waals surface area contributed by atoms with Crippen LogP contribution in [0.5, 0.6) is 0 Å². The minimum atomic E-state index is -5.08. The first-order valence-corrected chi connectivity index (χ1v) is 31.4. The van der Waals surface area contributed by atoms with Gasteiger partial charge in [-0.1, -0.05) is 227 Å². The summed E-state index contributed by atoms with van der Waals surface area (Å²) in [6, 6.07) is 0. The number of esters is 1. The number of carbonyl (C=O) groups is 1. The predicted molar refractivity (Wildman–Crippen MR) is 312 cm³/mol. The summed E-state index contributed by atoms with van der Waals surface area (Å²) in [5, 5.41) is 30.9. The van der Waals surface area contributed by atoms with E-state index in [2.05, 4.69) is 115 Å². The fourth-order valence-corrected chi connectivity index (χ4v) is 9.22. The van der Waals surface area contributed by atoms with Crippen LogP contribution in [0.1, 0.15) is 232 Å². The summed E-state index contributed by atoms with van der Waals surface area (Å²) in [5.41, 5.74) is 0. The maximum atomic E-state index is 13.0. The first kappa shape index (κ1) is 71.0. The van der Waals surface area contributed by atoms with Crippen LogP contribution < -0.4 is 0 Å². The van der Waals surface area contributed by atoms with Gasteiger partial charge in [-0.25, -0.2) is 4.18 Å². The van der Waals surface area contributed by atoms with E-state index in [1.807, 2.05) is 0 Å². The lowest BCUT2D eigenvalue weighted by atomic mass is 9.99. The molecule has 0 saturated carbocycles. The van der Waals surface area contributed by atoms with E-state index in [9.17, 15) is 33.1 Å². The molecule has 12 nitrogen and oxygen atoms in total. The van der Waals surface area contributed by atoms with Gasteiger partial charge in [-0.05, 0) is 96.3 Å². The van der Waals surface area contributed by atoms with E-state index in [0.717, 1.165) is 103 Å².